The van der Waals surface area contributed by atoms with Gasteiger partial charge in [0.25, 0.3) is 0 Å². The zero-order chi connectivity index (χ0) is 42.1. The van der Waals surface area contributed by atoms with Gasteiger partial charge in [0, 0.05) is 72.5 Å². The van der Waals surface area contributed by atoms with E-state index < -0.39 is 35.3 Å². The van der Waals surface area contributed by atoms with Gasteiger partial charge in [0.05, 0.1) is 24.5 Å². The number of hydrogen-bond acceptors (Lipinski definition) is 11. The molecule has 0 bridgehead atoms. The minimum atomic E-state index is -1.12. The second-order valence-electron chi connectivity index (χ2n) is 16.1. The van der Waals surface area contributed by atoms with Crippen molar-refractivity contribution in [1.82, 2.24) is 35.0 Å². The van der Waals surface area contributed by atoms with Crippen molar-refractivity contribution in [3.05, 3.63) is 89.3 Å². The van der Waals surface area contributed by atoms with Crippen LogP contribution < -0.4 is 15.1 Å². The van der Waals surface area contributed by atoms with Crippen molar-refractivity contribution in [3.63, 3.8) is 0 Å². The largest absolute Gasteiger partial charge is 0.455 e. The molecule has 2 atom stereocenters. The number of fused-ring (bicyclic) bond motifs is 1. The third-order valence-corrected chi connectivity index (χ3v) is 11.1. The van der Waals surface area contributed by atoms with Crippen LogP contribution in [0.15, 0.2) is 73.1 Å². The van der Waals surface area contributed by atoms with E-state index in [0.717, 1.165) is 31.7 Å². The monoisotopic (exact) mass is 836 g/mol. The van der Waals surface area contributed by atoms with E-state index in [1.807, 2.05) is 24.3 Å². The molecule has 3 aliphatic rings. The molecule has 3 aromatic carbocycles. The molecule has 4 amide bonds. The lowest BCUT2D eigenvalue weighted by atomic mass is 10.0. The number of carbonyl (C=O) groups is 5. The van der Waals surface area contributed by atoms with Gasteiger partial charge in [0.2, 0.25) is 11.8 Å². The smallest absolute Gasteiger partial charge is 0.355 e. The lowest BCUT2D eigenvalue weighted by molar-refractivity contribution is -0.149. The summed E-state index contributed by atoms with van der Waals surface area (Å²) in [6, 6.07) is 18.1. The Hall–Kier alpha value is -6.17. The van der Waals surface area contributed by atoms with Gasteiger partial charge in [-0.15, -0.1) is 5.10 Å². The van der Waals surface area contributed by atoms with Crippen LogP contribution in [0.2, 0.25) is 5.02 Å². The number of piperazine rings is 2. The summed E-state index contributed by atoms with van der Waals surface area (Å²) in [7, 11) is 0. The molecule has 2 unspecified atom stereocenters. The fourth-order valence-electron chi connectivity index (χ4n) is 7.90. The molecule has 17 nitrogen and oxygen atoms in total. The molecule has 312 valence electrons. The fourth-order valence-corrected chi connectivity index (χ4v) is 8.07. The van der Waals surface area contributed by atoms with Crippen LogP contribution in [0.5, 0.6) is 0 Å². The number of H-pyrrole nitrogens is 1. The first-order chi connectivity index (χ1) is 28.8. The highest BCUT2D eigenvalue weighted by molar-refractivity contribution is 6.41. The van der Waals surface area contributed by atoms with Crippen molar-refractivity contribution in [1.29, 1.82) is 0 Å². The molecule has 0 spiro atoms. The number of anilines is 3. The molecule has 3 aliphatic heterocycles. The summed E-state index contributed by atoms with van der Waals surface area (Å²) < 4.78 is 12.5. The van der Waals surface area contributed by atoms with Crippen LogP contribution in [0.3, 0.4) is 0 Å². The molecule has 18 heteroatoms. The highest BCUT2D eigenvalue weighted by Crippen LogP contribution is 2.31. The summed E-state index contributed by atoms with van der Waals surface area (Å²) in [6.45, 7) is 8.39. The Morgan fingerprint density at radius 2 is 1.75 bits per heavy atom. The van der Waals surface area contributed by atoms with Crippen molar-refractivity contribution >= 4 is 69.2 Å². The molecule has 8 rings (SSSR count). The molecule has 3 saturated heterocycles. The normalized spacial score (nSPS) is 18.6. The van der Waals surface area contributed by atoms with Gasteiger partial charge in [-0.1, -0.05) is 23.7 Å². The topological polar surface area (TPSA) is 188 Å². The number of rotatable bonds is 10. The molecular formula is C42H45ClN10O7. The zero-order valence-corrected chi connectivity index (χ0v) is 34.2. The van der Waals surface area contributed by atoms with Gasteiger partial charge in [-0.05, 0) is 104 Å². The second kappa shape index (κ2) is 16.8. The Kier molecular flexibility index (Phi) is 11.4. The number of tetrazole rings is 1. The van der Waals surface area contributed by atoms with Crippen LogP contribution in [0.25, 0.3) is 16.6 Å². The predicted octanol–water partition coefficient (Wildman–Crippen LogP) is 4.01. The maximum atomic E-state index is 14.4. The number of ether oxygens (including phenoxy) is 2. The Morgan fingerprint density at radius 3 is 2.47 bits per heavy atom. The van der Waals surface area contributed by atoms with E-state index in [-0.39, 0.29) is 37.2 Å². The maximum Gasteiger partial charge on any atom is 0.355 e. The zero-order valence-electron chi connectivity index (χ0n) is 33.5. The van der Waals surface area contributed by atoms with Gasteiger partial charge in [-0.3, -0.25) is 24.1 Å². The van der Waals surface area contributed by atoms with Crippen molar-refractivity contribution in [2.45, 2.75) is 57.7 Å². The van der Waals surface area contributed by atoms with Crippen LogP contribution in [-0.2, 0) is 35.1 Å². The molecule has 0 aliphatic carbocycles. The van der Waals surface area contributed by atoms with Gasteiger partial charge in [-0.25, -0.2) is 4.79 Å². The first-order valence-corrected chi connectivity index (χ1v) is 20.2. The van der Waals surface area contributed by atoms with Crippen LogP contribution in [-0.4, -0.2) is 128 Å². The SMILES string of the molecule is CC(C)(C)OC(=O)c1cc2cc(NC(=O)C(Cc3ccc(N4CCN(C5CCCOC5)CC4=O)cc3)N3CCN(c4cc(Cl)ccc4-n4cnnn4)C(=O)C3=O)ccc2[nH]1. The quantitative estimate of drug-likeness (QED) is 0.153. The van der Waals surface area contributed by atoms with Crippen molar-refractivity contribution in [3.8, 4) is 5.69 Å². The Bertz CT molecular complexity index is 2420. The molecule has 5 heterocycles. The molecule has 2 aromatic heterocycles. The number of carbonyl (C=O) groups excluding carboxylic acids is 5. The number of benzene rings is 3. The Balaban J connectivity index is 1.03. The van der Waals surface area contributed by atoms with Crippen molar-refractivity contribution in [2.75, 3.05) is 61.1 Å². The van der Waals surface area contributed by atoms with Crippen molar-refractivity contribution < 1.29 is 33.4 Å². The Morgan fingerprint density at radius 1 is 0.950 bits per heavy atom. The van der Waals surface area contributed by atoms with Crippen molar-refractivity contribution in [2.24, 2.45) is 0 Å². The lowest BCUT2D eigenvalue weighted by Crippen LogP contribution is -2.60. The second-order valence-corrected chi connectivity index (χ2v) is 16.5. The number of nitrogens with zero attached hydrogens (tertiary/aromatic N) is 8. The highest BCUT2D eigenvalue weighted by atomic mass is 35.5. The molecular weight excluding hydrogens is 792 g/mol. The lowest BCUT2D eigenvalue weighted by Gasteiger charge is -2.40. The van der Waals surface area contributed by atoms with Gasteiger partial charge in [-0.2, -0.15) is 4.68 Å². The molecule has 3 fully saturated rings. The van der Waals surface area contributed by atoms with Gasteiger partial charge < -0.3 is 34.5 Å². The summed E-state index contributed by atoms with van der Waals surface area (Å²) in [5, 5.41) is 15.3. The van der Waals surface area contributed by atoms with Crippen LogP contribution >= 0.6 is 11.6 Å². The highest BCUT2D eigenvalue weighted by Gasteiger charge is 2.41. The summed E-state index contributed by atoms with van der Waals surface area (Å²) in [6.07, 6.45) is 3.43. The molecule has 60 heavy (non-hydrogen) atoms. The summed E-state index contributed by atoms with van der Waals surface area (Å²) in [5.74, 6) is -2.77. The number of amides is 4. The van der Waals surface area contributed by atoms with Crippen LogP contribution in [0.4, 0.5) is 17.1 Å². The minimum Gasteiger partial charge on any atom is -0.455 e. The molecule has 2 N–H and O–H groups in total. The Labute approximate surface area is 350 Å². The summed E-state index contributed by atoms with van der Waals surface area (Å²) in [4.78, 5) is 78.2. The van der Waals surface area contributed by atoms with Crippen LogP contribution in [0, 0.1) is 0 Å². The van der Waals surface area contributed by atoms with E-state index in [9.17, 15) is 24.0 Å². The summed E-state index contributed by atoms with van der Waals surface area (Å²) >= 11 is 6.35. The average molecular weight is 837 g/mol. The minimum absolute atomic E-state index is 0.000595. The van der Waals surface area contributed by atoms with E-state index in [2.05, 4.69) is 30.7 Å². The molecule has 0 radical (unpaired) electrons. The molecule has 5 aromatic rings. The number of aromatic amines is 1. The van der Waals surface area contributed by atoms with Gasteiger partial charge in [0.15, 0.2) is 0 Å². The third-order valence-electron chi connectivity index (χ3n) is 10.8. The standard InChI is InChI=1S/C42H45ClN10O7/c1-42(2,3)60-41(58)33-21-27-20-29(9-12-32(27)46-33)45-38(55)36(19-26-6-10-30(11-7-26)50-15-14-49(23-37(50)54)31-5-4-18-59-24-31)52-17-16-51(39(56)40(52)57)35-22-28(43)8-13-34(35)53-25-44-47-48-53/h6-13,20-22,25,31,36,46H,4-5,14-19,23-24H2,1-3H3,(H,45,55). The number of halogens is 1. The summed E-state index contributed by atoms with van der Waals surface area (Å²) in [5.41, 5.74) is 2.87. The van der Waals surface area contributed by atoms with E-state index in [1.54, 1.807) is 68.1 Å². The number of nitrogens with one attached hydrogen (secondary N) is 2. The first kappa shape index (κ1) is 40.6. The molecule has 0 saturated carbocycles. The van der Waals surface area contributed by atoms with E-state index in [0.29, 0.717) is 58.2 Å². The fraction of sp³-hybridized carbons (Fsp3) is 0.381. The van der Waals surface area contributed by atoms with Gasteiger partial charge in [0.1, 0.15) is 23.7 Å². The van der Waals surface area contributed by atoms with E-state index in [4.69, 9.17) is 21.1 Å². The number of aromatic nitrogens is 5. The van der Waals surface area contributed by atoms with Crippen LogP contribution in [0.1, 0.15) is 49.7 Å². The first-order valence-electron chi connectivity index (χ1n) is 19.8. The average Bonchev–Trinajstić information content (AvgIpc) is 3.92. The predicted molar refractivity (Wildman–Crippen MR) is 222 cm³/mol. The maximum absolute atomic E-state index is 14.4. The third kappa shape index (κ3) is 8.73. The van der Waals surface area contributed by atoms with E-state index >= 15 is 0 Å². The number of esters is 1. The van der Waals surface area contributed by atoms with E-state index in [1.165, 1.54) is 20.8 Å². The number of hydrogen-bond donors (Lipinski definition) is 2. The van der Waals surface area contributed by atoms with Gasteiger partial charge >= 0.3 is 17.8 Å².